The lowest BCUT2D eigenvalue weighted by molar-refractivity contribution is -0.183. The SMILES string of the molecule is CCOC(OCC)[C@@H]1CC[C@H](C(Sc2ccccc2)Sc2ccccc2)[C@H]1O. The van der Waals surface area contributed by atoms with Crippen LogP contribution in [0.3, 0.4) is 0 Å². The van der Waals surface area contributed by atoms with Crippen LogP contribution in [0.25, 0.3) is 0 Å². The first-order valence-corrected chi connectivity index (χ1v) is 11.8. The van der Waals surface area contributed by atoms with E-state index in [0.717, 1.165) is 12.8 Å². The van der Waals surface area contributed by atoms with E-state index in [-0.39, 0.29) is 22.7 Å². The number of aliphatic hydroxyl groups excluding tert-OH is 1. The van der Waals surface area contributed by atoms with E-state index in [9.17, 15) is 5.11 Å². The molecular weight excluding hydrogens is 388 g/mol. The standard InChI is InChI=1S/C23H30O3S2/c1-3-25-22(26-4-2)19-15-16-20(21(19)24)23(27-17-11-7-5-8-12-17)28-18-13-9-6-10-14-18/h5-14,19-24H,3-4,15-16H2,1-2H3/t19-,20+,21+/m1/s1. The molecule has 152 valence electrons. The van der Waals surface area contributed by atoms with Crippen molar-refractivity contribution in [1.29, 1.82) is 0 Å². The van der Waals surface area contributed by atoms with Gasteiger partial charge < -0.3 is 14.6 Å². The van der Waals surface area contributed by atoms with E-state index in [0.29, 0.717) is 13.2 Å². The van der Waals surface area contributed by atoms with Crippen molar-refractivity contribution in [2.45, 2.75) is 53.5 Å². The second-order valence-electron chi connectivity index (χ2n) is 6.90. The first kappa shape index (κ1) is 21.7. The number of aliphatic hydroxyl groups is 1. The zero-order valence-corrected chi connectivity index (χ0v) is 18.2. The molecular formula is C23H30O3S2. The van der Waals surface area contributed by atoms with Crippen LogP contribution in [0.5, 0.6) is 0 Å². The van der Waals surface area contributed by atoms with E-state index in [2.05, 4.69) is 48.5 Å². The van der Waals surface area contributed by atoms with Gasteiger partial charge in [0.05, 0.1) is 10.7 Å². The lowest BCUT2D eigenvalue weighted by atomic mass is 10.0. The maximum Gasteiger partial charge on any atom is 0.162 e. The van der Waals surface area contributed by atoms with Crippen LogP contribution in [0.1, 0.15) is 26.7 Å². The summed E-state index contributed by atoms with van der Waals surface area (Å²) in [7, 11) is 0. The zero-order chi connectivity index (χ0) is 19.8. The number of benzene rings is 2. The van der Waals surface area contributed by atoms with Crippen molar-refractivity contribution in [3.8, 4) is 0 Å². The van der Waals surface area contributed by atoms with Gasteiger partial charge in [-0.2, -0.15) is 0 Å². The van der Waals surface area contributed by atoms with E-state index in [1.54, 1.807) is 0 Å². The average Bonchev–Trinajstić information content (AvgIpc) is 3.10. The molecule has 0 saturated heterocycles. The molecule has 0 unspecified atom stereocenters. The third-order valence-corrected chi connectivity index (χ3v) is 7.89. The fourth-order valence-electron chi connectivity index (χ4n) is 3.73. The van der Waals surface area contributed by atoms with Crippen LogP contribution in [-0.2, 0) is 9.47 Å². The summed E-state index contributed by atoms with van der Waals surface area (Å²) in [5.74, 6) is 0.212. The van der Waals surface area contributed by atoms with Crippen molar-refractivity contribution >= 4 is 23.5 Å². The zero-order valence-electron chi connectivity index (χ0n) is 16.6. The molecule has 3 nitrogen and oxygen atoms in total. The van der Waals surface area contributed by atoms with Crippen LogP contribution in [0.15, 0.2) is 70.5 Å². The number of ether oxygens (including phenoxy) is 2. The Morgan fingerprint density at radius 3 is 1.75 bits per heavy atom. The molecule has 3 rings (SSSR count). The minimum absolute atomic E-state index is 0.0279. The van der Waals surface area contributed by atoms with Gasteiger partial charge in [0.25, 0.3) is 0 Å². The van der Waals surface area contributed by atoms with Crippen molar-refractivity contribution in [3.63, 3.8) is 0 Å². The predicted molar refractivity (Wildman–Crippen MR) is 118 cm³/mol. The van der Waals surface area contributed by atoms with Crippen molar-refractivity contribution < 1.29 is 14.6 Å². The summed E-state index contributed by atoms with van der Waals surface area (Å²) in [6, 6.07) is 20.9. The molecule has 0 bridgehead atoms. The Morgan fingerprint density at radius 2 is 1.29 bits per heavy atom. The highest BCUT2D eigenvalue weighted by molar-refractivity contribution is 8.17. The van der Waals surface area contributed by atoms with Crippen molar-refractivity contribution in [1.82, 2.24) is 0 Å². The van der Waals surface area contributed by atoms with Crippen LogP contribution < -0.4 is 0 Å². The highest BCUT2D eigenvalue weighted by Crippen LogP contribution is 2.48. The van der Waals surface area contributed by atoms with E-state index in [4.69, 9.17) is 9.47 Å². The maximum atomic E-state index is 11.2. The third-order valence-electron chi connectivity index (χ3n) is 5.06. The van der Waals surface area contributed by atoms with E-state index in [1.165, 1.54) is 9.79 Å². The third kappa shape index (κ3) is 5.77. The number of hydrogen-bond donors (Lipinski definition) is 1. The molecule has 0 aliphatic heterocycles. The lowest BCUT2D eigenvalue weighted by Gasteiger charge is -2.30. The van der Waals surface area contributed by atoms with Gasteiger partial charge in [0.15, 0.2) is 6.29 Å². The highest BCUT2D eigenvalue weighted by atomic mass is 32.2. The van der Waals surface area contributed by atoms with Crippen molar-refractivity contribution in [2.75, 3.05) is 13.2 Å². The van der Waals surface area contributed by atoms with Gasteiger partial charge in [-0.1, -0.05) is 36.4 Å². The first-order chi connectivity index (χ1) is 13.7. The van der Waals surface area contributed by atoms with Gasteiger partial charge >= 0.3 is 0 Å². The number of thioether (sulfide) groups is 2. The van der Waals surface area contributed by atoms with Gasteiger partial charge in [0, 0.05) is 34.8 Å². The average molecular weight is 419 g/mol. The smallest absolute Gasteiger partial charge is 0.162 e. The topological polar surface area (TPSA) is 38.7 Å². The van der Waals surface area contributed by atoms with Gasteiger partial charge in [-0.25, -0.2) is 0 Å². The van der Waals surface area contributed by atoms with Gasteiger partial charge in [0.2, 0.25) is 0 Å². The first-order valence-electron chi connectivity index (χ1n) is 10.1. The second-order valence-corrected chi connectivity index (χ2v) is 9.63. The second kappa shape index (κ2) is 11.3. The molecule has 1 aliphatic rings. The molecule has 0 spiro atoms. The largest absolute Gasteiger partial charge is 0.392 e. The van der Waals surface area contributed by atoms with Crippen molar-refractivity contribution in [3.05, 3.63) is 60.7 Å². The van der Waals surface area contributed by atoms with Gasteiger partial charge in [0.1, 0.15) is 0 Å². The summed E-state index contributed by atoms with van der Waals surface area (Å²) < 4.78 is 11.8. The summed E-state index contributed by atoms with van der Waals surface area (Å²) >= 11 is 3.69. The summed E-state index contributed by atoms with van der Waals surface area (Å²) in [4.78, 5) is 2.47. The molecule has 0 heterocycles. The Labute approximate surface area is 177 Å². The minimum atomic E-state index is -0.430. The summed E-state index contributed by atoms with van der Waals surface area (Å²) in [6.45, 7) is 5.15. The Hall–Kier alpha value is -0.980. The molecule has 2 aromatic rings. The predicted octanol–water partition coefficient (Wildman–Crippen LogP) is 5.68. The Bertz CT molecular complexity index is 635. The molecule has 3 atom stereocenters. The fourth-order valence-corrected chi connectivity index (χ4v) is 6.70. The Kier molecular flexibility index (Phi) is 8.74. The fraction of sp³-hybridized carbons (Fsp3) is 0.478. The normalized spacial score (nSPS) is 22.2. The highest BCUT2D eigenvalue weighted by Gasteiger charge is 2.44. The molecule has 0 aromatic heterocycles. The van der Waals surface area contributed by atoms with Crippen LogP contribution in [-0.4, -0.2) is 35.3 Å². The Morgan fingerprint density at radius 1 is 0.821 bits per heavy atom. The molecule has 1 fully saturated rings. The van der Waals surface area contributed by atoms with Gasteiger partial charge in [-0.3, -0.25) is 0 Å². The molecule has 1 N–H and O–H groups in total. The Balaban J connectivity index is 1.77. The van der Waals surface area contributed by atoms with Gasteiger partial charge in [-0.05, 0) is 51.0 Å². The van der Waals surface area contributed by atoms with E-state index in [1.807, 2.05) is 49.5 Å². The molecule has 28 heavy (non-hydrogen) atoms. The summed E-state index contributed by atoms with van der Waals surface area (Å²) in [5, 5.41) is 11.2. The summed E-state index contributed by atoms with van der Waals surface area (Å²) in [6.07, 6.45) is 1.16. The molecule has 1 aliphatic carbocycles. The van der Waals surface area contributed by atoms with Crippen LogP contribution >= 0.6 is 23.5 Å². The number of rotatable bonds is 10. The lowest BCUT2D eigenvalue weighted by Crippen LogP contribution is -2.36. The van der Waals surface area contributed by atoms with Crippen LogP contribution in [0, 0.1) is 11.8 Å². The van der Waals surface area contributed by atoms with E-state index < -0.39 is 6.10 Å². The quantitative estimate of drug-likeness (QED) is 0.397. The maximum absolute atomic E-state index is 11.2. The summed E-state index contributed by atoms with van der Waals surface area (Å²) in [5.41, 5.74) is 0. The molecule has 0 radical (unpaired) electrons. The monoisotopic (exact) mass is 418 g/mol. The molecule has 5 heteroatoms. The van der Waals surface area contributed by atoms with E-state index >= 15 is 0 Å². The molecule has 0 amide bonds. The van der Waals surface area contributed by atoms with Gasteiger partial charge in [-0.15, -0.1) is 23.5 Å². The molecule has 2 aromatic carbocycles. The number of hydrogen-bond acceptors (Lipinski definition) is 5. The molecule has 1 saturated carbocycles. The minimum Gasteiger partial charge on any atom is -0.392 e. The van der Waals surface area contributed by atoms with Crippen LogP contribution in [0.2, 0.25) is 0 Å². The van der Waals surface area contributed by atoms with Crippen molar-refractivity contribution in [2.24, 2.45) is 11.8 Å². The van der Waals surface area contributed by atoms with Crippen LogP contribution in [0.4, 0.5) is 0 Å².